The Balaban J connectivity index is 1.94. The van der Waals surface area contributed by atoms with Crippen LogP contribution in [0.3, 0.4) is 0 Å². The van der Waals surface area contributed by atoms with Gasteiger partial charge in [-0.05, 0) is 29.6 Å². The molecule has 2 aromatic rings. The summed E-state index contributed by atoms with van der Waals surface area (Å²) >= 11 is 12.7. The van der Waals surface area contributed by atoms with Crippen molar-refractivity contribution in [3.05, 3.63) is 51.2 Å². The van der Waals surface area contributed by atoms with E-state index in [9.17, 15) is 0 Å². The first-order valence-corrected chi connectivity index (χ1v) is 7.08. The van der Waals surface area contributed by atoms with E-state index in [4.69, 9.17) is 34.3 Å². The summed E-state index contributed by atoms with van der Waals surface area (Å²) in [5.41, 5.74) is 6.21. The molecule has 2 N–H and O–H groups in total. The maximum absolute atomic E-state index is 6.06. The fraction of sp³-hybridized carbons (Fsp3) is 0.154. The first-order chi connectivity index (χ1) is 8.66. The van der Waals surface area contributed by atoms with Crippen LogP contribution in [0.15, 0.2) is 35.7 Å². The molecular formula is C13H12ClNOS2. The summed E-state index contributed by atoms with van der Waals surface area (Å²) < 4.78 is 5.63. The van der Waals surface area contributed by atoms with Gasteiger partial charge in [0.15, 0.2) is 0 Å². The number of hydrogen-bond donors (Lipinski definition) is 1. The molecule has 0 bridgehead atoms. The Labute approximate surface area is 120 Å². The quantitative estimate of drug-likeness (QED) is 0.856. The number of thiocarbonyl (C=S) groups is 1. The molecule has 0 spiro atoms. The Hall–Kier alpha value is -1.10. The van der Waals surface area contributed by atoms with E-state index >= 15 is 0 Å². The highest BCUT2D eigenvalue weighted by Gasteiger charge is 2.05. The number of ether oxygens (including phenoxy) is 1. The van der Waals surface area contributed by atoms with Crippen LogP contribution in [0.25, 0.3) is 0 Å². The minimum absolute atomic E-state index is 0.296. The van der Waals surface area contributed by atoms with Gasteiger partial charge < -0.3 is 10.5 Å². The second-order valence-corrected chi connectivity index (χ2v) is 5.56. The van der Waals surface area contributed by atoms with E-state index in [1.54, 1.807) is 23.5 Å². The first kappa shape index (κ1) is 13.3. The minimum atomic E-state index is 0.296. The monoisotopic (exact) mass is 297 g/mol. The topological polar surface area (TPSA) is 35.2 Å². The van der Waals surface area contributed by atoms with Gasteiger partial charge in [0.2, 0.25) is 0 Å². The number of benzene rings is 1. The third-order valence-electron chi connectivity index (χ3n) is 2.40. The Bertz CT molecular complexity index is 540. The molecular weight excluding hydrogens is 286 g/mol. The zero-order valence-electron chi connectivity index (χ0n) is 9.56. The highest BCUT2D eigenvalue weighted by molar-refractivity contribution is 7.80. The summed E-state index contributed by atoms with van der Waals surface area (Å²) in [4.78, 5) is 1.60. The predicted molar refractivity (Wildman–Crippen MR) is 80.9 cm³/mol. The van der Waals surface area contributed by atoms with Gasteiger partial charge in [0, 0.05) is 16.9 Å². The summed E-state index contributed by atoms with van der Waals surface area (Å²) in [6, 6.07) is 9.48. The van der Waals surface area contributed by atoms with Crippen molar-refractivity contribution in [2.45, 2.75) is 6.42 Å². The predicted octanol–water partition coefficient (Wildman–Crippen LogP) is 3.66. The molecule has 0 aliphatic heterocycles. The average molecular weight is 298 g/mol. The highest BCUT2D eigenvalue weighted by atomic mass is 35.5. The number of halogens is 1. The molecule has 2 rings (SSSR count). The van der Waals surface area contributed by atoms with Crippen molar-refractivity contribution < 1.29 is 4.74 Å². The summed E-state index contributed by atoms with van der Waals surface area (Å²) in [6.45, 7) is 0.628. The summed E-state index contributed by atoms with van der Waals surface area (Å²) in [7, 11) is 0. The zero-order valence-corrected chi connectivity index (χ0v) is 11.9. The van der Waals surface area contributed by atoms with Crippen LogP contribution < -0.4 is 10.5 Å². The second kappa shape index (κ2) is 6.18. The van der Waals surface area contributed by atoms with Crippen LogP contribution in [0.4, 0.5) is 0 Å². The Morgan fingerprint density at radius 3 is 2.83 bits per heavy atom. The first-order valence-electron chi connectivity index (χ1n) is 5.41. The Morgan fingerprint density at radius 1 is 1.39 bits per heavy atom. The smallest absolute Gasteiger partial charge is 0.120 e. The van der Waals surface area contributed by atoms with Crippen molar-refractivity contribution in [3.8, 4) is 5.75 Å². The standard InChI is InChI=1S/C13H12ClNOS2/c14-12-8-9(3-4-11(12)13(15)17)16-6-5-10-2-1-7-18-10/h1-4,7-8H,5-6H2,(H2,15,17). The van der Waals surface area contributed by atoms with Crippen LogP contribution in [0.5, 0.6) is 5.75 Å². The molecule has 0 saturated heterocycles. The molecule has 0 fully saturated rings. The molecule has 1 aromatic heterocycles. The van der Waals surface area contributed by atoms with Gasteiger partial charge in [-0.1, -0.05) is 29.9 Å². The molecule has 18 heavy (non-hydrogen) atoms. The van der Waals surface area contributed by atoms with Gasteiger partial charge in [-0.3, -0.25) is 0 Å². The van der Waals surface area contributed by atoms with Gasteiger partial charge in [0.1, 0.15) is 10.7 Å². The third-order valence-corrected chi connectivity index (χ3v) is 3.87. The summed E-state index contributed by atoms with van der Waals surface area (Å²) in [5.74, 6) is 0.733. The van der Waals surface area contributed by atoms with Crippen LogP contribution in [-0.4, -0.2) is 11.6 Å². The Kier molecular flexibility index (Phi) is 4.58. The van der Waals surface area contributed by atoms with Crippen LogP contribution in [-0.2, 0) is 6.42 Å². The van der Waals surface area contributed by atoms with E-state index in [1.165, 1.54) is 4.88 Å². The molecule has 0 radical (unpaired) electrons. The SMILES string of the molecule is NC(=S)c1ccc(OCCc2cccs2)cc1Cl. The van der Waals surface area contributed by atoms with E-state index in [1.807, 2.05) is 12.1 Å². The van der Waals surface area contributed by atoms with Crippen LogP contribution in [0, 0.1) is 0 Å². The van der Waals surface area contributed by atoms with Crippen molar-refractivity contribution in [2.24, 2.45) is 5.73 Å². The molecule has 0 atom stereocenters. The highest BCUT2D eigenvalue weighted by Crippen LogP contribution is 2.22. The van der Waals surface area contributed by atoms with Crippen LogP contribution in [0.2, 0.25) is 5.02 Å². The lowest BCUT2D eigenvalue weighted by molar-refractivity contribution is 0.323. The molecule has 1 aromatic carbocycles. The van der Waals surface area contributed by atoms with Crippen molar-refractivity contribution in [3.63, 3.8) is 0 Å². The Morgan fingerprint density at radius 2 is 2.22 bits per heavy atom. The fourth-order valence-electron chi connectivity index (χ4n) is 1.51. The molecule has 0 unspecified atom stereocenters. The normalized spacial score (nSPS) is 10.3. The minimum Gasteiger partial charge on any atom is -0.493 e. The lowest BCUT2D eigenvalue weighted by Crippen LogP contribution is -2.10. The van der Waals surface area contributed by atoms with Gasteiger partial charge in [-0.25, -0.2) is 0 Å². The number of thiophene rings is 1. The lowest BCUT2D eigenvalue weighted by Gasteiger charge is -2.08. The molecule has 0 saturated carbocycles. The van der Waals surface area contributed by atoms with Gasteiger partial charge in [0.05, 0.1) is 11.6 Å². The summed E-state index contributed by atoms with van der Waals surface area (Å²) in [6.07, 6.45) is 0.895. The molecule has 94 valence electrons. The van der Waals surface area contributed by atoms with Crippen molar-refractivity contribution in [1.82, 2.24) is 0 Å². The second-order valence-electron chi connectivity index (χ2n) is 3.68. The summed E-state index contributed by atoms with van der Waals surface area (Å²) in [5, 5.41) is 2.58. The zero-order chi connectivity index (χ0) is 13.0. The van der Waals surface area contributed by atoms with Crippen molar-refractivity contribution >= 4 is 40.1 Å². The molecule has 0 amide bonds. The maximum Gasteiger partial charge on any atom is 0.120 e. The molecule has 1 heterocycles. The van der Waals surface area contributed by atoms with Gasteiger partial charge in [-0.15, -0.1) is 11.3 Å². The maximum atomic E-state index is 6.06. The van der Waals surface area contributed by atoms with Crippen LogP contribution in [0.1, 0.15) is 10.4 Å². The van der Waals surface area contributed by atoms with Gasteiger partial charge in [0.25, 0.3) is 0 Å². The lowest BCUT2D eigenvalue weighted by atomic mass is 10.2. The van der Waals surface area contributed by atoms with Gasteiger partial charge >= 0.3 is 0 Å². The van der Waals surface area contributed by atoms with E-state index in [-0.39, 0.29) is 0 Å². The molecule has 0 aliphatic rings. The third kappa shape index (κ3) is 3.45. The largest absolute Gasteiger partial charge is 0.493 e. The average Bonchev–Trinajstić information content (AvgIpc) is 2.81. The van der Waals surface area contributed by atoms with Crippen LogP contribution >= 0.6 is 35.2 Å². The molecule has 5 heteroatoms. The fourth-order valence-corrected chi connectivity index (χ4v) is 2.71. The van der Waals surface area contributed by atoms with E-state index in [2.05, 4.69) is 11.4 Å². The van der Waals surface area contributed by atoms with E-state index < -0.39 is 0 Å². The number of rotatable bonds is 5. The molecule has 2 nitrogen and oxygen atoms in total. The van der Waals surface area contributed by atoms with Gasteiger partial charge in [-0.2, -0.15) is 0 Å². The van der Waals surface area contributed by atoms with E-state index in [0.717, 1.165) is 12.2 Å². The van der Waals surface area contributed by atoms with Crippen molar-refractivity contribution in [1.29, 1.82) is 0 Å². The van der Waals surface area contributed by atoms with E-state index in [0.29, 0.717) is 22.2 Å². The number of nitrogens with two attached hydrogens (primary N) is 1. The van der Waals surface area contributed by atoms with Crippen molar-refractivity contribution in [2.75, 3.05) is 6.61 Å². The molecule has 0 aliphatic carbocycles. The number of hydrogen-bond acceptors (Lipinski definition) is 3.